The van der Waals surface area contributed by atoms with Crippen LogP contribution in [0.3, 0.4) is 0 Å². The van der Waals surface area contributed by atoms with E-state index in [1.165, 1.54) is 5.57 Å². The molecule has 0 saturated carbocycles. The van der Waals surface area contributed by atoms with Gasteiger partial charge in [0.2, 0.25) is 0 Å². The van der Waals surface area contributed by atoms with E-state index >= 15 is 0 Å². The largest absolute Gasteiger partial charge is 0.386 e. The molecule has 1 aromatic heterocycles. The Labute approximate surface area is 96.8 Å². The number of hydrogen-bond acceptors (Lipinski definition) is 2. The molecule has 1 aromatic rings. The van der Waals surface area contributed by atoms with Crippen LogP contribution < -0.4 is 0 Å². The average Bonchev–Trinajstić information content (AvgIpc) is 2.62. The van der Waals surface area contributed by atoms with Gasteiger partial charge in [-0.1, -0.05) is 18.6 Å². The van der Waals surface area contributed by atoms with Crippen LogP contribution in [0, 0.1) is 11.8 Å². The van der Waals surface area contributed by atoms with Gasteiger partial charge in [-0.3, -0.25) is 4.68 Å². The molecule has 3 atom stereocenters. The molecular formula is C13H20N2O. The molecule has 88 valence electrons. The Balaban J connectivity index is 2.11. The predicted molar refractivity (Wildman–Crippen MR) is 63.8 cm³/mol. The van der Waals surface area contributed by atoms with Crippen molar-refractivity contribution in [1.29, 1.82) is 0 Å². The lowest BCUT2D eigenvalue weighted by Gasteiger charge is -2.28. The summed E-state index contributed by atoms with van der Waals surface area (Å²) < 4.78 is 1.74. The van der Waals surface area contributed by atoms with Crippen molar-refractivity contribution in [3.8, 4) is 0 Å². The highest BCUT2D eigenvalue weighted by molar-refractivity contribution is 5.11. The highest BCUT2D eigenvalue weighted by atomic mass is 16.3. The van der Waals surface area contributed by atoms with Gasteiger partial charge in [0, 0.05) is 13.2 Å². The van der Waals surface area contributed by atoms with Crippen LogP contribution in [0.1, 0.15) is 38.5 Å². The fraction of sp³-hybridized carbons (Fsp3) is 0.615. The van der Waals surface area contributed by atoms with Crippen molar-refractivity contribution in [2.24, 2.45) is 18.9 Å². The Morgan fingerprint density at radius 3 is 2.88 bits per heavy atom. The van der Waals surface area contributed by atoms with Crippen molar-refractivity contribution in [2.45, 2.75) is 32.8 Å². The minimum atomic E-state index is -0.424. The third-order valence-electron chi connectivity index (χ3n) is 3.31. The molecule has 0 radical (unpaired) electrons. The maximum atomic E-state index is 10.3. The number of aryl methyl sites for hydroxylation is 1. The van der Waals surface area contributed by atoms with Crippen molar-refractivity contribution in [3.63, 3.8) is 0 Å². The summed E-state index contributed by atoms with van der Waals surface area (Å²) in [4.78, 5) is 0. The van der Waals surface area contributed by atoms with Gasteiger partial charge in [0.05, 0.1) is 5.69 Å². The molecule has 3 unspecified atom stereocenters. The zero-order valence-electron chi connectivity index (χ0n) is 10.2. The first-order valence-electron chi connectivity index (χ1n) is 5.91. The summed E-state index contributed by atoms with van der Waals surface area (Å²) in [6, 6.07) is 1.91. The second kappa shape index (κ2) is 4.42. The molecule has 1 aliphatic rings. The van der Waals surface area contributed by atoms with Crippen LogP contribution in [0.25, 0.3) is 0 Å². The molecule has 3 heteroatoms. The van der Waals surface area contributed by atoms with Gasteiger partial charge in [0.1, 0.15) is 6.10 Å². The predicted octanol–water partition coefficient (Wildman–Crippen LogP) is 2.45. The zero-order valence-corrected chi connectivity index (χ0v) is 10.2. The van der Waals surface area contributed by atoms with Gasteiger partial charge in [-0.15, -0.1) is 0 Å². The summed E-state index contributed by atoms with van der Waals surface area (Å²) in [7, 11) is 1.88. The van der Waals surface area contributed by atoms with Gasteiger partial charge in [0.15, 0.2) is 0 Å². The summed E-state index contributed by atoms with van der Waals surface area (Å²) >= 11 is 0. The van der Waals surface area contributed by atoms with Gasteiger partial charge >= 0.3 is 0 Å². The molecule has 0 spiro atoms. The molecule has 0 amide bonds. The summed E-state index contributed by atoms with van der Waals surface area (Å²) in [6.45, 7) is 4.36. The average molecular weight is 220 g/mol. The molecule has 16 heavy (non-hydrogen) atoms. The smallest absolute Gasteiger partial charge is 0.101 e. The topological polar surface area (TPSA) is 38.0 Å². The fourth-order valence-electron chi connectivity index (χ4n) is 2.67. The van der Waals surface area contributed by atoms with Crippen molar-refractivity contribution >= 4 is 0 Å². The fourth-order valence-corrected chi connectivity index (χ4v) is 2.67. The number of nitrogens with zero attached hydrogens (tertiary/aromatic N) is 2. The summed E-state index contributed by atoms with van der Waals surface area (Å²) in [5, 5.41) is 14.6. The normalized spacial score (nSPS) is 27.6. The molecule has 0 saturated heterocycles. The maximum Gasteiger partial charge on any atom is 0.101 e. The Morgan fingerprint density at radius 2 is 2.31 bits per heavy atom. The van der Waals surface area contributed by atoms with Crippen LogP contribution in [0.4, 0.5) is 0 Å². The van der Waals surface area contributed by atoms with Crippen LogP contribution in [0.5, 0.6) is 0 Å². The molecule has 0 aliphatic heterocycles. The SMILES string of the molecule is CC1=CC(C)CC(C(O)c2ccn(C)n2)C1. The number of hydrogen-bond donors (Lipinski definition) is 1. The van der Waals surface area contributed by atoms with Gasteiger partial charge in [0.25, 0.3) is 0 Å². The minimum absolute atomic E-state index is 0.315. The van der Waals surface area contributed by atoms with E-state index in [0.717, 1.165) is 18.5 Å². The van der Waals surface area contributed by atoms with Crippen LogP contribution in [-0.2, 0) is 7.05 Å². The van der Waals surface area contributed by atoms with E-state index in [1.807, 2.05) is 19.3 Å². The van der Waals surface area contributed by atoms with Gasteiger partial charge in [-0.25, -0.2) is 0 Å². The number of aliphatic hydroxyl groups excluding tert-OH is 1. The summed E-state index contributed by atoms with van der Waals surface area (Å²) in [5.74, 6) is 0.881. The van der Waals surface area contributed by atoms with Crippen molar-refractivity contribution in [2.75, 3.05) is 0 Å². The van der Waals surface area contributed by atoms with E-state index in [9.17, 15) is 5.11 Å². The van der Waals surface area contributed by atoms with Gasteiger partial charge < -0.3 is 5.11 Å². The van der Waals surface area contributed by atoms with Gasteiger partial charge in [-0.2, -0.15) is 5.10 Å². The highest BCUT2D eigenvalue weighted by Crippen LogP contribution is 2.35. The van der Waals surface area contributed by atoms with E-state index < -0.39 is 6.10 Å². The Bertz CT molecular complexity index is 394. The van der Waals surface area contributed by atoms with E-state index in [2.05, 4.69) is 25.0 Å². The van der Waals surface area contributed by atoms with Crippen molar-refractivity contribution in [3.05, 3.63) is 29.6 Å². The third-order valence-corrected chi connectivity index (χ3v) is 3.31. The number of allylic oxidation sites excluding steroid dienone is 2. The maximum absolute atomic E-state index is 10.3. The third kappa shape index (κ3) is 2.35. The number of aromatic nitrogens is 2. The second-order valence-electron chi connectivity index (χ2n) is 5.05. The molecule has 1 heterocycles. The molecule has 1 aliphatic carbocycles. The first-order chi connectivity index (χ1) is 7.56. The Kier molecular flexibility index (Phi) is 3.15. The van der Waals surface area contributed by atoms with Gasteiger partial charge in [-0.05, 0) is 37.7 Å². The first-order valence-corrected chi connectivity index (χ1v) is 5.91. The lowest BCUT2D eigenvalue weighted by atomic mass is 9.80. The second-order valence-corrected chi connectivity index (χ2v) is 5.05. The lowest BCUT2D eigenvalue weighted by molar-refractivity contribution is 0.0888. The Hall–Kier alpha value is -1.09. The quantitative estimate of drug-likeness (QED) is 0.777. The molecule has 0 aromatic carbocycles. The molecular weight excluding hydrogens is 200 g/mol. The number of aliphatic hydroxyl groups is 1. The summed E-state index contributed by atoms with van der Waals surface area (Å²) in [6.07, 6.45) is 5.80. The lowest BCUT2D eigenvalue weighted by Crippen LogP contribution is -2.19. The Morgan fingerprint density at radius 1 is 1.56 bits per heavy atom. The number of rotatable bonds is 2. The minimum Gasteiger partial charge on any atom is -0.386 e. The monoisotopic (exact) mass is 220 g/mol. The van der Waals surface area contributed by atoms with E-state index in [0.29, 0.717) is 11.8 Å². The van der Waals surface area contributed by atoms with Crippen molar-refractivity contribution in [1.82, 2.24) is 9.78 Å². The highest BCUT2D eigenvalue weighted by Gasteiger charge is 2.27. The first kappa shape index (κ1) is 11.4. The summed E-state index contributed by atoms with van der Waals surface area (Å²) in [5.41, 5.74) is 2.19. The van der Waals surface area contributed by atoms with Crippen LogP contribution in [0.15, 0.2) is 23.9 Å². The standard InChI is InChI=1S/C13H20N2O/c1-9-6-10(2)8-11(7-9)13(16)12-4-5-15(3)14-12/h4-6,9,11,13,16H,7-8H2,1-3H3. The van der Waals surface area contributed by atoms with Crippen LogP contribution >= 0.6 is 0 Å². The van der Waals surface area contributed by atoms with Crippen LogP contribution in [-0.4, -0.2) is 14.9 Å². The molecule has 0 bridgehead atoms. The van der Waals surface area contributed by atoms with E-state index in [4.69, 9.17) is 0 Å². The molecule has 0 fully saturated rings. The van der Waals surface area contributed by atoms with E-state index in [-0.39, 0.29) is 0 Å². The zero-order chi connectivity index (χ0) is 11.7. The molecule has 1 N–H and O–H groups in total. The molecule has 3 nitrogen and oxygen atoms in total. The van der Waals surface area contributed by atoms with E-state index in [1.54, 1.807) is 4.68 Å². The van der Waals surface area contributed by atoms with Crippen LogP contribution in [0.2, 0.25) is 0 Å². The molecule has 2 rings (SSSR count). The van der Waals surface area contributed by atoms with Crippen molar-refractivity contribution < 1.29 is 5.11 Å².